The Labute approximate surface area is 139 Å². The van der Waals surface area contributed by atoms with E-state index in [0.717, 1.165) is 24.9 Å². The Hall–Kier alpha value is -0.246. The summed E-state index contributed by atoms with van der Waals surface area (Å²) in [5.74, 6) is 0. The zero-order valence-electron chi connectivity index (χ0n) is 14.9. The molecule has 0 unspecified atom stereocenters. The van der Waals surface area contributed by atoms with Gasteiger partial charge in [0.25, 0.3) is 0 Å². The van der Waals surface area contributed by atoms with Crippen molar-refractivity contribution in [2.45, 2.75) is 52.6 Å². The van der Waals surface area contributed by atoms with Gasteiger partial charge < -0.3 is 17.7 Å². The van der Waals surface area contributed by atoms with E-state index in [-0.39, 0.29) is 0 Å². The van der Waals surface area contributed by atoms with Crippen molar-refractivity contribution in [2.75, 3.05) is 26.4 Å². The minimum absolute atomic E-state index is 0.668. The summed E-state index contributed by atoms with van der Waals surface area (Å²) in [5.41, 5.74) is 3.81. The van der Waals surface area contributed by atoms with Crippen LogP contribution in [0.5, 0.6) is 0 Å². The van der Waals surface area contributed by atoms with E-state index >= 15 is 0 Å². The van der Waals surface area contributed by atoms with Crippen LogP contribution < -0.4 is 0 Å². The average Bonchev–Trinajstić information content (AvgIpc) is 2.52. The number of hydrogen-bond donors (Lipinski definition) is 0. The predicted octanol–water partition coefficient (Wildman–Crippen LogP) is 4.25. The summed E-state index contributed by atoms with van der Waals surface area (Å²) in [6.45, 7) is 18.5. The van der Waals surface area contributed by atoms with Crippen molar-refractivity contribution in [2.24, 2.45) is 0 Å². The SMILES string of the molecule is C=C[Si](CCCC[Si](C=C)(OCC)OCC)(OCC)OCC. The molecule has 4 nitrogen and oxygen atoms in total. The molecule has 0 heterocycles. The lowest BCUT2D eigenvalue weighted by molar-refractivity contribution is 0.189. The molecule has 0 aliphatic heterocycles. The quantitative estimate of drug-likeness (QED) is 0.328. The Morgan fingerprint density at radius 2 is 0.909 bits per heavy atom. The van der Waals surface area contributed by atoms with Gasteiger partial charge in [-0.2, -0.15) is 0 Å². The molecule has 0 rings (SSSR count). The molecule has 0 amide bonds. The van der Waals surface area contributed by atoms with Crippen molar-refractivity contribution >= 4 is 17.1 Å². The topological polar surface area (TPSA) is 36.9 Å². The minimum Gasteiger partial charge on any atom is -0.392 e. The Balaban J connectivity index is 4.51. The van der Waals surface area contributed by atoms with Gasteiger partial charge in [-0.3, -0.25) is 0 Å². The Morgan fingerprint density at radius 1 is 0.636 bits per heavy atom. The van der Waals surface area contributed by atoms with E-state index in [4.69, 9.17) is 17.7 Å². The van der Waals surface area contributed by atoms with Gasteiger partial charge in [-0.25, -0.2) is 0 Å². The highest BCUT2D eigenvalue weighted by molar-refractivity contribution is 6.73. The smallest absolute Gasteiger partial charge is 0.364 e. The van der Waals surface area contributed by atoms with Gasteiger partial charge in [-0.1, -0.05) is 12.8 Å². The lowest BCUT2D eigenvalue weighted by Crippen LogP contribution is -2.41. The number of hydrogen-bond acceptors (Lipinski definition) is 4. The molecule has 0 aromatic heterocycles. The second-order valence-corrected chi connectivity index (χ2v) is 11.2. The van der Waals surface area contributed by atoms with Crippen molar-refractivity contribution in [3.8, 4) is 0 Å². The summed E-state index contributed by atoms with van der Waals surface area (Å²) < 4.78 is 23.6. The van der Waals surface area contributed by atoms with Crippen LogP contribution in [0.3, 0.4) is 0 Å². The molecule has 0 fully saturated rings. The Morgan fingerprint density at radius 3 is 1.09 bits per heavy atom. The molecule has 6 heteroatoms. The van der Waals surface area contributed by atoms with Crippen molar-refractivity contribution < 1.29 is 17.7 Å². The first kappa shape index (κ1) is 21.8. The third kappa shape index (κ3) is 7.35. The molecule has 22 heavy (non-hydrogen) atoms. The molecule has 0 aromatic rings. The molecule has 130 valence electrons. The van der Waals surface area contributed by atoms with Gasteiger partial charge in [0.2, 0.25) is 0 Å². The monoisotopic (exact) mass is 346 g/mol. The van der Waals surface area contributed by atoms with Gasteiger partial charge in [0.15, 0.2) is 0 Å². The lowest BCUT2D eigenvalue weighted by Gasteiger charge is -2.28. The fraction of sp³-hybridized carbons (Fsp3) is 0.750. The van der Waals surface area contributed by atoms with Crippen molar-refractivity contribution in [3.05, 3.63) is 24.6 Å². The van der Waals surface area contributed by atoms with E-state index in [0.29, 0.717) is 26.4 Å². The fourth-order valence-electron chi connectivity index (χ4n) is 2.53. The lowest BCUT2D eigenvalue weighted by atomic mass is 10.4. The molecule has 0 bridgehead atoms. The number of rotatable bonds is 15. The van der Waals surface area contributed by atoms with Crippen LogP contribution in [0.1, 0.15) is 40.5 Å². The van der Waals surface area contributed by atoms with Crippen LogP contribution >= 0.6 is 0 Å². The van der Waals surface area contributed by atoms with Crippen LogP contribution in [-0.4, -0.2) is 43.5 Å². The van der Waals surface area contributed by atoms with Gasteiger partial charge in [0.1, 0.15) is 0 Å². The minimum atomic E-state index is -2.24. The maximum absolute atomic E-state index is 5.90. The summed E-state index contributed by atoms with van der Waals surface area (Å²) in [6.07, 6.45) is 2.06. The zero-order valence-corrected chi connectivity index (χ0v) is 16.9. The zero-order chi connectivity index (χ0) is 16.9. The first-order valence-electron chi connectivity index (χ1n) is 8.40. The highest BCUT2D eigenvalue weighted by Gasteiger charge is 2.35. The molecule has 0 radical (unpaired) electrons. The van der Waals surface area contributed by atoms with Gasteiger partial charge in [-0.15, -0.1) is 13.2 Å². The van der Waals surface area contributed by atoms with Crippen LogP contribution in [0.25, 0.3) is 0 Å². The van der Waals surface area contributed by atoms with Crippen molar-refractivity contribution in [3.63, 3.8) is 0 Å². The van der Waals surface area contributed by atoms with Gasteiger partial charge in [0, 0.05) is 26.4 Å². The molecule has 0 aromatic carbocycles. The Bertz CT molecular complexity index is 269. The maximum Gasteiger partial charge on any atom is 0.364 e. The van der Waals surface area contributed by atoms with E-state index in [1.807, 2.05) is 39.1 Å². The van der Waals surface area contributed by atoms with Gasteiger partial charge in [-0.05, 0) is 51.2 Å². The second kappa shape index (κ2) is 12.2. The Kier molecular flexibility index (Phi) is 12.1. The third-order valence-electron chi connectivity index (χ3n) is 3.48. The summed E-state index contributed by atoms with van der Waals surface area (Å²) >= 11 is 0. The summed E-state index contributed by atoms with van der Waals surface area (Å²) in [5, 5.41) is 0. The van der Waals surface area contributed by atoms with Crippen LogP contribution in [0, 0.1) is 0 Å². The van der Waals surface area contributed by atoms with E-state index in [1.54, 1.807) is 0 Å². The summed E-state index contributed by atoms with van der Waals surface area (Å²) in [4.78, 5) is 0. The first-order chi connectivity index (χ1) is 10.6. The van der Waals surface area contributed by atoms with E-state index in [2.05, 4.69) is 13.2 Å². The van der Waals surface area contributed by atoms with Crippen molar-refractivity contribution in [1.82, 2.24) is 0 Å². The van der Waals surface area contributed by atoms with Gasteiger partial charge in [0.05, 0.1) is 0 Å². The second-order valence-electron chi connectivity index (χ2n) is 4.97. The van der Waals surface area contributed by atoms with E-state index in [9.17, 15) is 0 Å². The molecular formula is C16H34O4Si2. The van der Waals surface area contributed by atoms with Crippen LogP contribution in [0.15, 0.2) is 24.6 Å². The molecule has 0 aliphatic carbocycles. The molecule has 0 N–H and O–H groups in total. The van der Waals surface area contributed by atoms with Gasteiger partial charge >= 0.3 is 17.1 Å². The predicted molar refractivity (Wildman–Crippen MR) is 97.3 cm³/mol. The number of unbranched alkanes of at least 4 members (excludes halogenated alkanes) is 1. The molecule has 0 atom stereocenters. The summed E-state index contributed by atoms with van der Waals surface area (Å²) in [6, 6.07) is 1.86. The van der Waals surface area contributed by atoms with Crippen molar-refractivity contribution in [1.29, 1.82) is 0 Å². The van der Waals surface area contributed by atoms with Crippen LogP contribution in [0.2, 0.25) is 12.1 Å². The molecule has 0 spiro atoms. The van der Waals surface area contributed by atoms with E-state index in [1.165, 1.54) is 0 Å². The normalized spacial score (nSPS) is 12.4. The van der Waals surface area contributed by atoms with Crippen LogP contribution in [-0.2, 0) is 17.7 Å². The average molecular weight is 347 g/mol. The third-order valence-corrected chi connectivity index (χ3v) is 9.93. The summed E-state index contributed by atoms with van der Waals surface area (Å²) in [7, 11) is -4.48. The standard InChI is InChI=1S/C16H34O4Si2/c1-7-17-21(11-5,18-8-2)15-13-14-16-22(12-6,19-9-3)20-10-4/h11-12H,5-10,13-16H2,1-4H3. The largest absolute Gasteiger partial charge is 0.392 e. The highest BCUT2D eigenvalue weighted by atomic mass is 28.4. The highest BCUT2D eigenvalue weighted by Crippen LogP contribution is 2.23. The fourth-order valence-corrected chi connectivity index (χ4v) is 7.60. The molecular weight excluding hydrogens is 312 g/mol. The molecule has 0 saturated heterocycles. The van der Waals surface area contributed by atoms with Crippen LogP contribution in [0.4, 0.5) is 0 Å². The first-order valence-corrected chi connectivity index (χ1v) is 12.6. The molecule has 0 aliphatic rings. The maximum atomic E-state index is 5.90. The molecule has 0 saturated carbocycles. The van der Waals surface area contributed by atoms with E-state index < -0.39 is 17.1 Å².